The topological polar surface area (TPSA) is 152 Å². The molecule has 54 heavy (non-hydrogen) atoms. The first-order chi connectivity index (χ1) is 26.3. The van der Waals surface area contributed by atoms with Crippen LogP contribution in [-0.4, -0.2) is 89.0 Å². The molecule has 1 saturated heterocycles. The number of aliphatic hydroxyl groups excluding tert-OH is 4. The van der Waals surface area contributed by atoms with Crippen LogP contribution in [0.3, 0.4) is 0 Å². The van der Waals surface area contributed by atoms with Crippen LogP contribution >= 0.6 is 0 Å². The molecule has 10 nitrogen and oxygen atoms in total. The van der Waals surface area contributed by atoms with Crippen molar-refractivity contribution in [2.45, 2.75) is 185 Å². The van der Waals surface area contributed by atoms with Crippen molar-refractivity contribution in [1.29, 1.82) is 0 Å². The lowest BCUT2D eigenvalue weighted by Crippen LogP contribution is -2.59. The Morgan fingerprint density at radius 1 is 0.593 bits per heavy atom. The number of aliphatic hydroxyl groups is 4. The zero-order valence-corrected chi connectivity index (χ0v) is 33.4. The van der Waals surface area contributed by atoms with Gasteiger partial charge in [-0.3, -0.25) is 9.59 Å². The Kier molecular flexibility index (Phi) is 31.9. The Morgan fingerprint density at radius 2 is 1.07 bits per heavy atom. The van der Waals surface area contributed by atoms with Gasteiger partial charge < -0.3 is 39.4 Å². The monoisotopic (exact) mass is 763 g/mol. The Hall–Kier alpha value is -2.60. The van der Waals surface area contributed by atoms with E-state index in [2.05, 4.69) is 56.4 Å². The molecule has 6 unspecified atom stereocenters. The molecule has 0 aromatic heterocycles. The third-order valence-corrected chi connectivity index (χ3v) is 9.20. The molecule has 10 heteroatoms. The van der Waals surface area contributed by atoms with E-state index in [-0.39, 0.29) is 26.1 Å². The first kappa shape index (κ1) is 49.4. The van der Waals surface area contributed by atoms with E-state index in [0.717, 1.165) is 44.9 Å². The van der Waals surface area contributed by atoms with E-state index in [9.17, 15) is 30.0 Å². The standard InChI is InChI=1S/C44H74O10/c1-3-5-7-9-11-13-15-17-19-21-23-25-27-29-31-33-40(47)53-37(36-52-44-43(50)42(49)41(48)38(34-45)54-44)35-51-39(46)32-30-28-26-24-22-20-18-16-14-12-10-8-6-4-2/h5,7,11,13,17,19,23,25,29,31,37-38,41-45,48-50H,3-4,6,8-10,12,14-16,18,20-22,24,26-28,30,32-36H2,1-2H3/b7-5-,13-11-,19-17-,25-23-,31-29-. The minimum absolute atomic E-state index is 0.00291. The molecule has 1 rings (SSSR count). The van der Waals surface area contributed by atoms with Gasteiger partial charge in [0, 0.05) is 6.42 Å². The molecule has 0 bridgehead atoms. The van der Waals surface area contributed by atoms with E-state index in [1.807, 2.05) is 12.2 Å². The number of hydrogen-bond donors (Lipinski definition) is 4. The smallest absolute Gasteiger partial charge is 0.310 e. The highest BCUT2D eigenvalue weighted by Crippen LogP contribution is 2.22. The van der Waals surface area contributed by atoms with Crippen LogP contribution in [0.5, 0.6) is 0 Å². The zero-order valence-electron chi connectivity index (χ0n) is 33.4. The summed E-state index contributed by atoms with van der Waals surface area (Å²) in [5, 5.41) is 40.0. The minimum Gasteiger partial charge on any atom is -0.462 e. The number of allylic oxidation sites excluding steroid dienone is 9. The zero-order chi connectivity index (χ0) is 39.5. The quantitative estimate of drug-likeness (QED) is 0.0292. The van der Waals surface area contributed by atoms with Crippen LogP contribution in [0.15, 0.2) is 60.8 Å². The van der Waals surface area contributed by atoms with Gasteiger partial charge in [-0.25, -0.2) is 0 Å². The summed E-state index contributed by atoms with van der Waals surface area (Å²) in [7, 11) is 0. The highest BCUT2D eigenvalue weighted by atomic mass is 16.7. The number of esters is 2. The molecule has 4 N–H and O–H groups in total. The molecule has 1 heterocycles. The lowest BCUT2D eigenvalue weighted by atomic mass is 9.99. The van der Waals surface area contributed by atoms with E-state index in [4.69, 9.17) is 18.9 Å². The summed E-state index contributed by atoms with van der Waals surface area (Å²) in [6.45, 7) is 3.19. The fraction of sp³-hybridized carbons (Fsp3) is 0.727. The van der Waals surface area contributed by atoms with Crippen molar-refractivity contribution in [1.82, 2.24) is 0 Å². The molecular weight excluding hydrogens is 688 g/mol. The SMILES string of the molecule is CC/C=C\C/C=C\C/C=C\C/C=C\C/C=C\CC(=O)OC(COC(=O)CCCCCCCCCCCCCCCC)COC1OC(CO)C(O)C(O)C1O. The number of rotatable bonds is 33. The highest BCUT2D eigenvalue weighted by molar-refractivity contribution is 5.71. The second kappa shape index (κ2) is 34.9. The van der Waals surface area contributed by atoms with Gasteiger partial charge in [-0.1, -0.05) is 158 Å². The Labute approximate surface area is 326 Å². The van der Waals surface area contributed by atoms with Crippen molar-refractivity contribution in [3.8, 4) is 0 Å². The van der Waals surface area contributed by atoms with Crippen LogP contribution < -0.4 is 0 Å². The number of ether oxygens (including phenoxy) is 4. The molecule has 0 aromatic carbocycles. The van der Waals surface area contributed by atoms with E-state index in [1.54, 1.807) is 6.08 Å². The molecule has 0 spiro atoms. The summed E-state index contributed by atoms with van der Waals surface area (Å²) in [6, 6.07) is 0. The molecule has 0 radical (unpaired) electrons. The van der Waals surface area contributed by atoms with Gasteiger partial charge in [0.2, 0.25) is 0 Å². The van der Waals surface area contributed by atoms with Gasteiger partial charge >= 0.3 is 11.9 Å². The maximum atomic E-state index is 12.7. The third-order valence-electron chi connectivity index (χ3n) is 9.20. The largest absolute Gasteiger partial charge is 0.462 e. The predicted molar refractivity (Wildman–Crippen MR) is 215 cm³/mol. The second-order valence-electron chi connectivity index (χ2n) is 14.1. The van der Waals surface area contributed by atoms with E-state index in [1.165, 1.54) is 64.2 Å². The Balaban J connectivity index is 2.43. The normalized spacial score (nSPS) is 21.3. The summed E-state index contributed by atoms with van der Waals surface area (Å²) in [4.78, 5) is 25.2. The van der Waals surface area contributed by atoms with Gasteiger partial charge in [0.1, 0.15) is 31.0 Å². The maximum absolute atomic E-state index is 12.7. The van der Waals surface area contributed by atoms with Crippen molar-refractivity contribution in [3.63, 3.8) is 0 Å². The van der Waals surface area contributed by atoms with Gasteiger partial charge in [0.15, 0.2) is 12.4 Å². The highest BCUT2D eigenvalue weighted by Gasteiger charge is 2.44. The van der Waals surface area contributed by atoms with E-state index < -0.39 is 55.4 Å². The Bertz CT molecular complexity index is 1070. The van der Waals surface area contributed by atoms with Gasteiger partial charge in [0.05, 0.1) is 19.6 Å². The lowest BCUT2D eigenvalue weighted by molar-refractivity contribution is -0.305. The molecule has 1 aliphatic rings. The van der Waals surface area contributed by atoms with Crippen molar-refractivity contribution in [3.05, 3.63) is 60.8 Å². The average molecular weight is 763 g/mol. The van der Waals surface area contributed by atoms with Gasteiger partial charge in [-0.2, -0.15) is 0 Å². The number of hydrogen-bond acceptors (Lipinski definition) is 10. The number of carbonyl (C=O) groups excluding carboxylic acids is 2. The first-order valence-electron chi connectivity index (χ1n) is 20.9. The molecule has 0 aromatic rings. The van der Waals surface area contributed by atoms with Crippen LogP contribution in [0.25, 0.3) is 0 Å². The summed E-state index contributed by atoms with van der Waals surface area (Å²) in [6.07, 6.45) is 34.0. The van der Waals surface area contributed by atoms with Crippen LogP contribution in [0.2, 0.25) is 0 Å². The van der Waals surface area contributed by atoms with Crippen molar-refractivity contribution in [2.24, 2.45) is 0 Å². The van der Waals surface area contributed by atoms with Crippen molar-refractivity contribution in [2.75, 3.05) is 19.8 Å². The van der Waals surface area contributed by atoms with Gasteiger partial charge in [-0.15, -0.1) is 0 Å². The van der Waals surface area contributed by atoms with E-state index >= 15 is 0 Å². The molecule has 0 aliphatic carbocycles. The number of carbonyl (C=O) groups is 2. The van der Waals surface area contributed by atoms with Crippen LogP contribution in [0.1, 0.15) is 149 Å². The lowest BCUT2D eigenvalue weighted by Gasteiger charge is -2.39. The fourth-order valence-corrected chi connectivity index (χ4v) is 5.91. The fourth-order valence-electron chi connectivity index (χ4n) is 5.91. The first-order valence-corrected chi connectivity index (χ1v) is 20.9. The minimum atomic E-state index is -1.61. The van der Waals surface area contributed by atoms with E-state index in [0.29, 0.717) is 12.8 Å². The van der Waals surface area contributed by atoms with Gasteiger partial charge in [0.25, 0.3) is 0 Å². The second-order valence-corrected chi connectivity index (χ2v) is 14.1. The van der Waals surface area contributed by atoms with Crippen molar-refractivity contribution < 1.29 is 49.0 Å². The molecular formula is C44H74O10. The predicted octanol–water partition coefficient (Wildman–Crippen LogP) is 8.27. The Morgan fingerprint density at radius 3 is 1.57 bits per heavy atom. The molecule has 6 atom stereocenters. The average Bonchev–Trinajstić information content (AvgIpc) is 3.17. The molecule has 1 fully saturated rings. The number of unbranched alkanes of at least 4 members (excludes halogenated alkanes) is 13. The summed E-state index contributed by atoms with van der Waals surface area (Å²) < 4.78 is 22.0. The van der Waals surface area contributed by atoms with Crippen LogP contribution in [-0.2, 0) is 28.5 Å². The van der Waals surface area contributed by atoms with Crippen LogP contribution in [0, 0.1) is 0 Å². The summed E-state index contributed by atoms with van der Waals surface area (Å²) in [5.74, 6) is -0.956. The maximum Gasteiger partial charge on any atom is 0.310 e. The molecule has 0 amide bonds. The summed E-state index contributed by atoms with van der Waals surface area (Å²) in [5.41, 5.74) is 0. The molecule has 310 valence electrons. The molecule has 0 saturated carbocycles. The van der Waals surface area contributed by atoms with Crippen molar-refractivity contribution >= 4 is 11.9 Å². The van der Waals surface area contributed by atoms with Gasteiger partial charge in [-0.05, 0) is 38.5 Å². The van der Waals surface area contributed by atoms with Crippen LogP contribution in [0.4, 0.5) is 0 Å². The third kappa shape index (κ3) is 26.2. The molecule has 1 aliphatic heterocycles. The summed E-state index contributed by atoms with van der Waals surface area (Å²) >= 11 is 0.